The number of nitrogens with two attached hydrogens (primary N) is 1. The number of carbonyl (C=O) groups excluding carboxylic acids is 1. The summed E-state index contributed by atoms with van der Waals surface area (Å²) >= 11 is 0. The van der Waals surface area contributed by atoms with E-state index in [0.29, 0.717) is 18.7 Å². The molecule has 0 fully saturated rings. The number of H-pyrrole nitrogens is 1. The molecule has 3 N–H and O–H groups in total. The summed E-state index contributed by atoms with van der Waals surface area (Å²) < 4.78 is 11.6. The highest BCUT2D eigenvalue weighted by atomic mass is 16.5. The molecule has 0 saturated carbocycles. The van der Waals surface area contributed by atoms with Crippen LogP contribution in [0, 0.1) is 6.92 Å². The van der Waals surface area contributed by atoms with Crippen LogP contribution < -0.4 is 21.9 Å². The number of methoxy groups -OCH3 is 1. The van der Waals surface area contributed by atoms with Crippen LogP contribution in [0.1, 0.15) is 29.7 Å². The van der Waals surface area contributed by atoms with E-state index in [0.717, 1.165) is 0 Å². The summed E-state index contributed by atoms with van der Waals surface area (Å²) in [5.41, 5.74) is 4.61. The van der Waals surface area contributed by atoms with E-state index in [9.17, 15) is 14.4 Å². The van der Waals surface area contributed by atoms with Gasteiger partial charge in [0.25, 0.3) is 11.5 Å². The Bertz CT molecular complexity index is 864. The zero-order valence-corrected chi connectivity index (χ0v) is 14.5. The van der Waals surface area contributed by atoms with Crippen molar-refractivity contribution < 1.29 is 13.9 Å². The zero-order chi connectivity index (χ0) is 18.6. The van der Waals surface area contributed by atoms with E-state index in [1.165, 1.54) is 22.6 Å². The van der Waals surface area contributed by atoms with Gasteiger partial charge in [-0.3, -0.25) is 24.0 Å². The molecule has 0 atom stereocenters. The Morgan fingerprint density at radius 1 is 1.40 bits per heavy atom. The number of anilines is 2. The molecule has 0 aliphatic rings. The molecule has 0 aromatic carbocycles. The zero-order valence-electron chi connectivity index (χ0n) is 14.5. The smallest absolute Gasteiger partial charge is 0.330 e. The Morgan fingerprint density at radius 2 is 2.12 bits per heavy atom. The summed E-state index contributed by atoms with van der Waals surface area (Å²) in [6.07, 6.45) is 0.638. The van der Waals surface area contributed by atoms with Gasteiger partial charge in [0.2, 0.25) is 0 Å². The van der Waals surface area contributed by atoms with Crippen LogP contribution in [0.25, 0.3) is 0 Å². The first-order chi connectivity index (χ1) is 11.9. The molecule has 0 aliphatic heterocycles. The molecule has 0 saturated heterocycles. The third-order valence-corrected chi connectivity index (χ3v) is 3.65. The van der Waals surface area contributed by atoms with Gasteiger partial charge in [0.05, 0.1) is 13.2 Å². The average molecular weight is 350 g/mol. The number of hydrogen-bond acceptors (Lipinski definition) is 6. The van der Waals surface area contributed by atoms with Gasteiger partial charge in [0.1, 0.15) is 11.6 Å². The standard InChI is InChI=1S/C16H22N4O5/c1-4-7-20-13(17)12(14(21)18-16(20)23)19(8-9-24-3)15(22)11-6-5-10(2)25-11/h5-6H,4,7-9,17H2,1-3H3,(H,18,21,23). The predicted molar refractivity (Wildman–Crippen MR) is 93.0 cm³/mol. The van der Waals surface area contributed by atoms with Gasteiger partial charge in [-0.15, -0.1) is 0 Å². The highest BCUT2D eigenvalue weighted by molar-refractivity contribution is 6.05. The predicted octanol–water partition coefficient (Wildman–Crippen LogP) is 0.723. The van der Waals surface area contributed by atoms with Crippen molar-refractivity contribution in [1.82, 2.24) is 9.55 Å². The lowest BCUT2D eigenvalue weighted by atomic mass is 10.3. The van der Waals surface area contributed by atoms with Crippen LogP contribution in [0.3, 0.4) is 0 Å². The highest BCUT2D eigenvalue weighted by Gasteiger charge is 2.26. The van der Waals surface area contributed by atoms with Crippen LogP contribution in [-0.2, 0) is 11.3 Å². The lowest BCUT2D eigenvalue weighted by Gasteiger charge is -2.23. The molecule has 0 radical (unpaired) electrons. The van der Waals surface area contributed by atoms with Crippen molar-refractivity contribution >= 4 is 17.4 Å². The lowest BCUT2D eigenvalue weighted by molar-refractivity contribution is 0.0947. The summed E-state index contributed by atoms with van der Waals surface area (Å²) in [6.45, 7) is 4.15. The number of rotatable bonds is 7. The maximum atomic E-state index is 12.8. The number of amides is 1. The first kappa shape index (κ1) is 18.5. The number of furan rings is 1. The van der Waals surface area contributed by atoms with Gasteiger partial charge in [-0.25, -0.2) is 4.79 Å². The van der Waals surface area contributed by atoms with E-state index in [1.807, 2.05) is 6.92 Å². The van der Waals surface area contributed by atoms with Gasteiger partial charge in [-0.2, -0.15) is 0 Å². The van der Waals surface area contributed by atoms with E-state index >= 15 is 0 Å². The number of hydrogen-bond donors (Lipinski definition) is 2. The van der Waals surface area contributed by atoms with Crippen molar-refractivity contribution in [2.75, 3.05) is 30.9 Å². The molecule has 2 aromatic rings. The molecule has 9 nitrogen and oxygen atoms in total. The Morgan fingerprint density at radius 3 is 2.68 bits per heavy atom. The molecule has 25 heavy (non-hydrogen) atoms. The van der Waals surface area contributed by atoms with Crippen molar-refractivity contribution in [3.63, 3.8) is 0 Å². The van der Waals surface area contributed by atoms with E-state index in [1.54, 1.807) is 13.0 Å². The Hall–Kier alpha value is -2.81. The van der Waals surface area contributed by atoms with E-state index in [-0.39, 0.29) is 30.4 Å². The number of nitrogens with one attached hydrogen (secondary N) is 1. The van der Waals surface area contributed by atoms with Crippen molar-refractivity contribution in [2.24, 2.45) is 0 Å². The molecule has 2 rings (SSSR count). The molecule has 2 aromatic heterocycles. The molecular weight excluding hydrogens is 328 g/mol. The third-order valence-electron chi connectivity index (χ3n) is 3.65. The summed E-state index contributed by atoms with van der Waals surface area (Å²) in [4.78, 5) is 40.5. The van der Waals surface area contributed by atoms with E-state index in [2.05, 4.69) is 4.98 Å². The number of nitrogens with zero attached hydrogens (tertiary/aromatic N) is 2. The number of ether oxygens (including phenoxy) is 1. The van der Waals surface area contributed by atoms with Gasteiger partial charge in [0, 0.05) is 13.7 Å². The topological polar surface area (TPSA) is 124 Å². The molecule has 136 valence electrons. The first-order valence-corrected chi connectivity index (χ1v) is 7.90. The Kier molecular flexibility index (Phi) is 5.81. The van der Waals surface area contributed by atoms with Gasteiger partial charge in [-0.05, 0) is 25.5 Å². The number of aromatic amines is 1. The fourth-order valence-electron chi connectivity index (χ4n) is 2.46. The lowest BCUT2D eigenvalue weighted by Crippen LogP contribution is -2.42. The SMILES string of the molecule is CCCn1c(N)c(N(CCOC)C(=O)c2ccc(C)o2)c(=O)[nH]c1=O. The van der Waals surface area contributed by atoms with Gasteiger partial charge in [-0.1, -0.05) is 6.92 Å². The van der Waals surface area contributed by atoms with Crippen molar-refractivity contribution in [3.05, 3.63) is 44.5 Å². The fourth-order valence-corrected chi connectivity index (χ4v) is 2.46. The largest absolute Gasteiger partial charge is 0.456 e. The van der Waals surface area contributed by atoms with Crippen LogP contribution in [0.5, 0.6) is 0 Å². The maximum Gasteiger partial charge on any atom is 0.330 e. The Balaban J connectivity index is 2.58. The van der Waals surface area contributed by atoms with Crippen molar-refractivity contribution in [1.29, 1.82) is 0 Å². The highest BCUT2D eigenvalue weighted by Crippen LogP contribution is 2.20. The number of aromatic nitrogens is 2. The number of aryl methyl sites for hydroxylation is 1. The third kappa shape index (κ3) is 3.82. The Labute approximate surface area is 144 Å². The molecule has 1 amide bonds. The minimum atomic E-state index is -0.734. The summed E-state index contributed by atoms with van der Waals surface area (Å²) in [5, 5.41) is 0. The molecule has 2 heterocycles. The summed E-state index contributed by atoms with van der Waals surface area (Å²) in [5.74, 6) is 0.0286. The molecule has 0 spiro atoms. The fraction of sp³-hybridized carbons (Fsp3) is 0.438. The second kappa shape index (κ2) is 7.84. The van der Waals surface area contributed by atoms with Gasteiger partial charge in [0.15, 0.2) is 11.4 Å². The van der Waals surface area contributed by atoms with E-state index < -0.39 is 17.2 Å². The van der Waals surface area contributed by atoms with Crippen molar-refractivity contribution in [3.8, 4) is 0 Å². The monoisotopic (exact) mass is 350 g/mol. The van der Waals surface area contributed by atoms with Gasteiger partial charge >= 0.3 is 5.69 Å². The first-order valence-electron chi connectivity index (χ1n) is 7.90. The molecule has 0 bridgehead atoms. The molecule has 0 unspecified atom stereocenters. The molecular formula is C16H22N4O5. The van der Waals surface area contributed by atoms with Crippen molar-refractivity contribution in [2.45, 2.75) is 26.8 Å². The summed E-state index contributed by atoms with van der Waals surface area (Å²) in [6, 6.07) is 3.16. The van der Waals surface area contributed by atoms with Crippen LogP contribution in [0.15, 0.2) is 26.1 Å². The maximum absolute atomic E-state index is 12.8. The molecule has 0 aliphatic carbocycles. The van der Waals surface area contributed by atoms with Crippen LogP contribution in [-0.4, -0.2) is 35.7 Å². The minimum Gasteiger partial charge on any atom is -0.456 e. The van der Waals surface area contributed by atoms with E-state index in [4.69, 9.17) is 14.9 Å². The normalized spacial score (nSPS) is 10.8. The minimum absolute atomic E-state index is 0.0664. The second-order valence-corrected chi connectivity index (χ2v) is 5.50. The van der Waals surface area contributed by atoms with Crippen LogP contribution in [0.4, 0.5) is 11.5 Å². The second-order valence-electron chi connectivity index (χ2n) is 5.50. The van der Waals surface area contributed by atoms with Crippen LogP contribution >= 0.6 is 0 Å². The number of nitrogen functional groups attached to an aromatic ring is 1. The van der Waals surface area contributed by atoms with Gasteiger partial charge < -0.3 is 14.9 Å². The van der Waals surface area contributed by atoms with Crippen LogP contribution in [0.2, 0.25) is 0 Å². The number of carbonyl (C=O) groups is 1. The summed E-state index contributed by atoms with van der Waals surface area (Å²) in [7, 11) is 1.48. The molecule has 9 heteroatoms. The average Bonchev–Trinajstić information content (AvgIpc) is 3.00. The quantitative estimate of drug-likeness (QED) is 0.758.